The van der Waals surface area contributed by atoms with E-state index in [-0.39, 0.29) is 10.7 Å². The van der Waals surface area contributed by atoms with Crippen LogP contribution in [0.1, 0.15) is 26.3 Å². The minimum atomic E-state index is -0.0971. The van der Waals surface area contributed by atoms with Crippen LogP contribution < -0.4 is 10.1 Å². The lowest BCUT2D eigenvalue weighted by atomic mass is 10.0. The van der Waals surface area contributed by atoms with Gasteiger partial charge < -0.3 is 10.1 Å². The Morgan fingerprint density at radius 1 is 1.14 bits per heavy atom. The number of benzene rings is 2. The molecular formula is C16H13BrClNO2. The van der Waals surface area contributed by atoms with Gasteiger partial charge in [0.15, 0.2) is 0 Å². The van der Waals surface area contributed by atoms with Crippen molar-refractivity contribution >= 4 is 33.4 Å². The van der Waals surface area contributed by atoms with Crippen molar-refractivity contribution < 1.29 is 9.53 Å². The molecule has 1 aliphatic heterocycles. The molecule has 0 spiro atoms. The molecule has 0 saturated carbocycles. The summed E-state index contributed by atoms with van der Waals surface area (Å²) in [6, 6.07) is 13.3. The fourth-order valence-electron chi connectivity index (χ4n) is 2.25. The van der Waals surface area contributed by atoms with E-state index in [1.54, 1.807) is 0 Å². The molecule has 0 radical (unpaired) electrons. The Kier molecular flexibility index (Phi) is 4.17. The highest BCUT2D eigenvalue weighted by molar-refractivity contribution is 9.09. The van der Waals surface area contributed by atoms with Crippen molar-refractivity contribution in [1.82, 2.24) is 5.32 Å². The second-order valence-corrected chi connectivity index (χ2v) is 6.13. The molecule has 108 valence electrons. The van der Waals surface area contributed by atoms with Crippen LogP contribution in [0.5, 0.6) is 5.75 Å². The molecule has 0 fully saturated rings. The molecule has 2 aromatic carbocycles. The first-order chi connectivity index (χ1) is 10.1. The lowest BCUT2D eigenvalue weighted by molar-refractivity contribution is 0.0957. The maximum Gasteiger partial charge on any atom is 0.255 e. The van der Waals surface area contributed by atoms with Crippen molar-refractivity contribution in [3.05, 3.63) is 64.2 Å². The molecule has 3 rings (SSSR count). The SMILES string of the molecule is O=C1NCCOc2ccc(C(Br)c3ccc(Cl)cc3)cc21. The van der Waals surface area contributed by atoms with Crippen LogP contribution in [0.25, 0.3) is 0 Å². The Hall–Kier alpha value is -1.52. The van der Waals surface area contributed by atoms with Gasteiger partial charge in [-0.1, -0.05) is 45.7 Å². The topological polar surface area (TPSA) is 38.3 Å². The second-order valence-electron chi connectivity index (χ2n) is 4.77. The predicted octanol–water partition coefficient (Wildman–Crippen LogP) is 3.95. The van der Waals surface area contributed by atoms with Gasteiger partial charge in [0.05, 0.1) is 16.9 Å². The van der Waals surface area contributed by atoms with E-state index in [9.17, 15) is 4.79 Å². The number of fused-ring (bicyclic) bond motifs is 1. The third-order valence-corrected chi connectivity index (χ3v) is 4.66. The van der Waals surface area contributed by atoms with Crippen molar-refractivity contribution in [2.75, 3.05) is 13.2 Å². The Balaban J connectivity index is 1.96. The highest BCUT2D eigenvalue weighted by Crippen LogP contribution is 2.34. The summed E-state index contributed by atoms with van der Waals surface area (Å²) in [5, 5.41) is 3.52. The van der Waals surface area contributed by atoms with Crippen LogP contribution >= 0.6 is 27.5 Å². The van der Waals surface area contributed by atoms with E-state index in [4.69, 9.17) is 16.3 Å². The Morgan fingerprint density at radius 2 is 1.86 bits per heavy atom. The molecule has 5 heteroatoms. The van der Waals surface area contributed by atoms with Crippen LogP contribution in [-0.4, -0.2) is 19.1 Å². The first kappa shape index (κ1) is 14.4. The summed E-state index contributed by atoms with van der Waals surface area (Å²) in [4.78, 5) is 12.0. The van der Waals surface area contributed by atoms with Gasteiger partial charge >= 0.3 is 0 Å². The normalized spacial score (nSPS) is 15.4. The lowest BCUT2D eigenvalue weighted by Crippen LogP contribution is -2.24. The van der Waals surface area contributed by atoms with Crippen LogP contribution in [0.2, 0.25) is 5.02 Å². The van der Waals surface area contributed by atoms with E-state index >= 15 is 0 Å². The van der Waals surface area contributed by atoms with Crippen LogP contribution in [0.3, 0.4) is 0 Å². The number of carbonyl (C=O) groups is 1. The highest BCUT2D eigenvalue weighted by Gasteiger charge is 2.19. The number of halogens is 2. The van der Waals surface area contributed by atoms with Gasteiger partial charge in [-0.2, -0.15) is 0 Å². The minimum absolute atomic E-state index is 0.00359. The van der Waals surface area contributed by atoms with Gasteiger partial charge in [-0.25, -0.2) is 0 Å². The summed E-state index contributed by atoms with van der Waals surface area (Å²) in [5.41, 5.74) is 2.65. The fraction of sp³-hybridized carbons (Fsp3) is 0.188. The number of nitrogens with one attached hydrogen (secondary N) is 1. The maximum atomic E-state index is 12.0. The van der Waals surface area contributed by atoms with Gasteiger partial charge in [-0.15, -0.1) is 0 Å². The number of ether oxygens (including phenoxy) is 1. The van der Waals surface area contributed by atoms with Crippen LogP contribution in [0.4, 0.5) is 0 Å². The lowest BCUT2D eigenvalue weighted by Gasteiger charge is -2.13. The maximum absolute atomic E-state index is 12.0. The first-order valence-electron chi connectivity index (χ1n) is 6.59. The molecule has 0 aromatic heterocycles. The molecule has 3 nitrogen and oxygen atoms in total. The van der Waals surface area contributed by atoms with E-state index < -0.39 is 0 Å². The second kappa shape index (κ2) is 6.08. The molecule has 0 saturated heterocycles. The average molecular weight is 367 g/mol. The molecule has 1 unspecified atom stereocenters. The molecular weight excluding hydrogens is 354 g/mol. The number of alkyl halides is 1. The molecule has 2 aromatic rings. The van der Waals surface area contributed by atoms with E-state index in [1.807, 2.05) is 42.5 Å². The van der Waals surface area contributed by atoms with Gasteiger partial charge in [0.2, 0.25) is 0 Å². The molecule has 1 aliphatic rings. The molecule has 0 bridgehead atoms. The molecule has 1 atom stereocenters. The van der Waals surface area contributed by atoms with E-state index in [0.29, 0.717) is 29.5 Å². The summed E-state index contributed by atoms with van der Waals surface area (Å²) in [7, 11) is 0. The van der Waals surface area contributed by atoms with Crippen molar-refractivity contribution in [3.63, 3.8) is 0 Å². The number of carbonyl (C=O) groups excluding carboxylic acids is 1. The first-order valence-corrected chi connectivity index (χ1v) is 7.89. The summed E-state index contributed by atoms with van der Waals surface area (Å²) in [5.74, 6) is 0.532. The predicted molar refractivity (Wildman–Crippen MR) is 86.5 cm³/mol. The summed E-state index contributed by atoms with van der Waals surface area (Å²) >= 11 is 9.58. The summed E-state index contributed by atoms with van der Waals surface area (Å²) in [6.07, 6.45) is 0. The van der Waals surface area contributed by atoms with E-state index in [0.717, 1.165) is 11.1 Å². The van der Waals surface area contributed by atoms with E-state index in [1.165, 1.54) is 0 Å². The van der Waals surface area contributed by atoms with Crippen LogP contribution in [-0.2, 0) is 0 Å². The zero-order valence-corrected chi connectivity index (χ0v) is 13.4. The zero-order valence-electron chi connectivity index (χ0n) is 11.1. The van der Waals surface area contributed by atoms with Crippen molar-refractivity contribution in [1.29, 1.82) is 0 Å². The van der Waals surface area contributed by atoms with Crippen LogP contribution in [0.15, 0.2) is 42.5 Å². The average Bonchev–Trinajstić information content (AvgIpc) is 2.69. The third kappa shape index (κ3) is 3.06. The molecule has 1 heterocycles. The number of hydrogen-bond acceptors (Lipinski definition) is 2. The highest BCUT2D eigenvalue weighted by atomic mass is 79.9. The largest absolute Gasteiger partial charge is 0.491 e. The van der Waals surface area contributed by atoms with Gasteiger partial charge in [0, 0.05) is 5.02 Å². The Morgan fingerprint density at radius 3 is 2.62 bits per heavy atom. The number of amides is 1. The number of hydrogen-bond donors (Lipinski definition) is 1. The van der Waals surface area contributed by atoms with Gasteiger partial charge in [0.1, 0.15) is 12.4 Å². The molecule has 0 aliphatic carbocycles. The summed E-state index contributed by atoms with van der Waals surface area (Å²) < 4.78 is 5.56. The van der Waals surface area contributed by atoms with Crippen molar-refractivity contribution in [2.45, 2.75) is 4.83 Å². The number of rotatable bonds is 2. The Labute approximate surface area is 136 Å². The van der Waals surface area contributed by atoms with Crippen molar-refractivity contribution in [2.24, 2.45) is 0 Å². The van der Waals surface area contributed by atoms with Crippen LogP contribution in [0, 0.1) is 0 Å². The monoisotopic (exact) mass is 365 g/mol. The molecule has 21 heavy (non-hydrogen) atoms. The fourth-order valence-corrected chi connectivity index (χ4v) is 2.97. The van der Waals surface area contributed by atoms with Crippen molar-refractivity contribution in [3.8, 4) is 5.75 Å². The van der Waals surface area contributed by atoms with Gasteiger partial charge in [0.25, 0.3) is 5.91 Å². The Bertz CT molecular complexity index is 672. The third-order valence-electron chi connectivity index (χ3n) is 3.35. The van der Waals surface area contributed by atoms with Gasteiger partial charge in [-0.05, 0) is 35.4 Å². The quantitative estimate of drug-likeness (QED) is 0.817. The van der Waals surface area contributed by atoms with Gasteiger partial charge in [-0.3, -0.25) is 4.79 Å². The standard InChI is InChI=1S/C16H13BrClNO2/c17-15(10-1-4-12(18)5-2-10)11-3-6-14-13(9-11)16(20)19-7-8-21-14/h1-6,9,15H,7-8H2,(H,19,20). The minimum Gasteiger partial charge on any atom is -0.491 e. The summed E-state index contributed by atoms with van der Waals surface area (Å²) in [6.45, 7) is 1.02. The van der Waals surface area contributed by atoms with E-state index in [2.05, 4.69) is 21.2 Å². The zero-order chi connectivity index (χ0) is 14.8. The molecule has 1 amide bonds. The smallest absolute Gasteiger partial charge is 0.255 e. The molecule has 1 N–H and O–H groups in total.